The fourth-order valence-corrected chi connectivity index (χ4v) is 3.41. The average molecular weight is 398 g/mol. The lowest BCUT2D eigenvalue weighted by Gasteiger charge is -2.15. The Hall–Kier alpha value is -3.86. The van der Waals surface area contributed by atoms with Crippen LogP contribution in [0.2, 0.25) is 0 Å². The number of methoxy groups -OCH3 is 1. The molecule has 5 heteroatoms. The molecule has 0 aromatic heterocycles. The summed E-state index contributed by atoms with van der Waals surface area (Å²) < 4.78 is 5.19. The molecule has 2 amide bonds. The van der Waals surface area contributed by atoms with Crippen molar-refractivity contribution in [3.05, 3.63) is 101 Å². The van der Waals surface area contributed by atoms with E-state index >= 15 is 0 Å². The van der Waals surface area contributed by atoms with Crippen molar-refractivity contribution in [1.29, 1.82) is 0 Å². The molecule has 1 heterocycles. The number of ether oxygens (including phenoxy) is 1. The molecular formula is C25H22N2O3. The van der Waals surface area contributed by atoms with Crippen LogP contribution >= 0.6 is 0 Å². The third-order valence-electron chi connectivity index (χ3n) is 5.05. The number of hydrogen-bond acceptors (Lipinski definition) is 4. The zero-order chi connectivity index (χ0) is 21.1. The van der Waals surface area contributed by atoms with Crippen molar-refractivity contribution in [2.24, 2.45) is 0 Å². The summed E-state index contributed by atoms with van der Waals surface area (Å²) in [7, 11) is 1.60. The highest BCUT2D eigenvalue weighted by Gasteiger charge is 2.39. The Bertz CT molecular complexity index is 1100. The minimum absolute atomic E-state index is 0.224. The second-order valence-corrected chi connectivity index (χ2v) is 7.15. The summed E-state index contributed by atoms with van der Waals surface area (Å²) in [5.74, 6) is 0.0757. The molecular weight excluding hydrogens is 376 g/mol. The van der Waals surface area contributed by atoms with Gasteiger partial charge in [0, 0.05) is 5.69 Å². The van der Waals surface area contributed by atoms with E-state index in [-0.39, 0.29) is 24.1 Å². The standard InChI is InChI=1S/C25H22N2O3/c1-17-8-10-19(11-9-17)22-23(26-20-12-14-21(30-2)15-13-20)25(29)27(24(22)28)16-18-6-4-3-5-7-18/h3-15,26H,16H2,1-2H3. The first kappa shape index (κ1) is 19.5. The Balaban J connectivity index is 1.72. The minimum atomic E-state index is -0.338. The monoisotopic (exact) mass is 398 g/mol. The summed E-state index contributed by atoms with van der Waals surface area (Å²) in [6, 6.07) is 24.4. The van der Waals surface area contributed by atoms with Crippen LogP contribution < -0.4 is 10.1 Å². The van der Waals surface area contributed by atoms with E-state index < -0.39 is 0 Å². The van der Waals surface area contributed by atoms with Crippen molar-refractivity contribution in [2.45, 2.75) is 13.5 Å². The van der Waals surface area contributed by atoms with Gasteiger partial charge in [-0.05, 0) is 42.3 Å². The Morgan fingerprint density at radius 3 is 2.13 bits per heavy atom. The van der Waals surface area contributed by atoms with Gasteiger partial charge in [-0.25, -0.2) is 0 Å². The maximum absolute atomic E-state index is 13.3. The number of anilines is 1. The van der Waals surface area contributed by atoms with Crippen LogP contribution in [-0.4, -0.2) is 23.8 Å². The molecule has 1 N–H and O–H groups in total. The van der Waals surface area contributed by atoms with Gasteiger partial charge < -0.3 is 10.1 Å². The van der Waals surface area contributed by atoms with E-state index in [4.69, 9.17) is 4.74 Å². The molecule has 0 atom stereocenters. The highest BCUT2D eigenvalue weighted by atomic mass is 16.5. The number of amides is 2. The van der Waals surface area contributed by atoms with Crippen molar-refractivity contribution >= 4 is 23.1 Å². The molecule has 0 bridgehead atoms. The molecule has 0 saturated carbocycles. The molecule has 30 heavy (non-hydrogen) atoms. The van der Waals surface area contributed by atoms with Gasteiger partial charge in [0.2, 0.25) is 0 Å². The molecule has 3 aromatic carbocycles. The van der Waals surface area contributed by atoms with E-state index in [0.717, 1.165) is 11.1 Å². The third kappa shape index (κ3) is 3.82. The fourth-order valence-electron chi connectivity index (χ4n) is 3.41. The number of imide groups is 1. The predicted octanol–water partition coefficient (Wildman–Crippen LogP) is 4.40. The maximum atomic E-state index is 13.3. The molecule has 3 aromatic rings. The van der Waals surface area contributed by atoms with Gasteiger partial charge in [-0.2, -0.15) is 0 Å². The van der Waals surface area contributed by atoms with Crippen molar-refractivity contribution < 1.29 is 14.3 Å². The maximum Gasteiger partial charge on any atom is 0.278 e. The molecule has 0 fully saturated rings. The van der Waals surface area contributed by atoms with Gasteiger partial charge in [-0.3, -0.25) is 14.5 Å². The summed E-state index contributed by atoms with van der Waals surface area (Å²) in [6.07, 6.45) is 0. The largest absolute Gasteiger partial charge is 0.497 e. The van der Waals surface area contributed by atoms with Crippen LogP contribution in [0.25, 0.3) is 5.57 Å². The molecule has 0 spiro atoms. The topological polar surface area (TPSA) is 58.6 Å². The van der Waals surface area contributed by atoms with Gasteiger partial charge in [0.25, 0.3) is 11.8 Å². The molecule has 150 valence electrons. The van der Waals surface area contributed by atoms with Crippen molar-refractivity contribution in [1.82, 2.24) is 4.90 Å². The number of carbonyl (C=O) groups is 2. The van der Waals surface area contributed by atoms with E-state index in [9.17, 15) is 9.59 Å². The number of benzene rings is 3. The van der Waals surface area contributed by atoms with Crippen LogP contribution in [0.4, 0.5) is 5.69 Å². The van der Waals surface area contributed by atoms with Crippen LogP contribution in [0.15, 0.2) is 84.6 Å². The summed E-state index contributed by atoms with van der Waals surface area (Å²) in [6.45, 7) is 2.21. The number of carbonyl (C=O) groups excluding carboxylic acids is 2. The quantitative estimate of drug-likeness (QED) is 0.626. The van der Waals surface area contributed by atoms with Gasteiger partial charge in [0.1, 0.15) is 11.4 Å². The SMILES string of the molecule is COc1ccc(NC2=C(c3ccc(C)cc3)C(=O)N(Cc3ccccc3)C2=O)cc1. The molecule has 5 nitrogen and oxygen atoms in total. The third-order valence-corrected chi connectivity index (χ3v) is 5.05. The average Bonchev–Trinajstić information content (AvgIpc) is 3.00. The number of aryl methyl sites for hydroxylation is 1. The molecule has 0 saturated heterocycles. The Kier molecular flexibility index (Phi) is 5.35. The highest BCUT2D eigenvalue weighted by molar-refractivity contribution is 6.36. The van der Waals surface area contributed by atoms with Gasteiger partial charge in [0.05, 0.1) is 19.2 Å². The number of rotatable bonds is 6. The number of nitrogens with one attached hydrogen (secondary N) is 1. The normalized spacial score (nSPS) is 13.7. The molecule has 1 aliphatic rings. The number of nitrogens with zero attached hydrogens (tertiary/aromatic N) is 1. The second kappa shape index (κ2) is 8.25. The lowest BCUT2D eigenvalue weighted by atomic mass is 10.0. The van der Waals surface area contributed by atoms with E-state index in [1.54, 1.807) is 19.2 Å². The van der Waals surface area contributed by atoms with Crippen molar-refractivity contribution in [2.75, 3.05) is 12.4 Å². The first-order valence-corrected chi connectivity index (χ1v) is 9.69. The molecule has 1 aliphatic heterocycles. The fraction of sp³-hybridized carbons (Fsp3) is 0.120. The van der Waals surface area contributed by atoms with E-state index in [1.807, 2.05) is 73.7 Å². The summed E-state index contributed by atoms with van der Waals surface area (Å²) in [5.41, 5.74) is 4.07. The van der Waals surface area contributed by atoms with Gasteiger partial charge >= 0.3 is 0 Å². The smallest absolute Gasteiger partial charge is 0.278 e. The lowest BCUT2D eigenvalue weighted by Crippen LogP contribution is -2.31. The number of hydrogen-bond donors (Lipinski definition) is 1. The molecule has 0 unspecified atom stereocenters. The lowest BCUT2D eigenvalue weighted by molar-refractivity contribution is -0.137. The summed E-state index contributed by atoms with van der Waals surface area (Å²) in [5, 5.41) is 3.16. The van der Waals surface area contributed by atoms with E-state index in [2.05, 4.69) is 5.32 Å². The Morgan fingerprint density at radius 1 is 0.833 bits per heavy atom. The minimum Gasteiger partial charge on any atom is -0.497 e. The van der Waals surface area contributed by atoms with Crippen LogP contribution in [0.3, 0.4) is 0 Å². The van der Waals surface area contributed by atoms with Gasteiger partial charge in [0.15, 0.2) is 0 Å². The van der Waals surface area contributed by atoms with Crippen LogP contribution in [0, 0.1) is 6.92 Å². The second-order valence-electron chi connectivity index (χ2n) is 7.15. The molecule has 0 radical (unpaired) electrons. The van der Waals surface area contributed by atoms with E-state index in [0.29, 0.717) is 22.6 Å². The first-order valence-electron chi connectivity index (χ1n) is 9.69. The highest BCUT2D eigenvalue weighted by Crippen LogP contribution is 2.32. The summed E-state index contributed by atoms with van der Waals surface area (Å²) >= 11 is 0. The predicted molar refractivity (Wildman–Crippen MR) is 117 cm³/mol. The zero-order valence-electron chi connectivity index (χ0n) is 16.9. The van der Waals surface area contributed by atoms with E-state index in [1.165, 1.54) is 4.90 Å². The van der Waals surface area contributed by atoms with Crippen LogP contribution in [0.5, 0.6) is 5.75 Å². The zero-order valence-corrected chi connectivity index (χ0v) is 16.9. The first-order chi connectivity index (χ1) is 14.6. The van der Waals surface area contributed by atoms with Gasteiger partial charge in [-0.1, -0.05) is 60.2 Å². The van der Waals surface area contributed by atoms with Crippen LogP contribution in [-0.2, 0) is 16.1 Å². The molecule has 0 aliphatic carbocycles. The van der Waals surface area contributed by atoms with Crippen LogP contribution in [0.1, 0.15) is 16.7 Å². The molecule has 4 rings (SSSR count). The van der Waals surface area contributed by atoms with Crippen molar-refractivity contribution in [3.63, 3.8) is 0 Å². The summed E-state index contributed by atoms with van der Waals surface area (Å²) in [4.78, 5) is 27.8. The Morgan fingerprint density at radius 2 is 1.50 bits per heavy atom. The Labute approximate surface area is 175 Å². The van der Waals surface area contributed by atoms with Gasteiger partial charge in [-0.15, -0.1) is 0 Å². The van der Waals surface area contributed by atoms with Crippen molar-refractivity contribution in [3.8, 4) is 5.75 Å².